The van der Waals surface area contributed by atoms with Crippen molar-refractivity contribution in [1.29, 1.82) is 0 Å². The molecule has 1 amide bonds. The predicted molar refractivity (Wildman–Crippen MR) is 279 cm³/mol. The van der Waals surface area contributed by atoms with Gasteiger partial charge in [-0.05, 0) is 49.1 Å². The highest BCUT2D eigenvalue weighted by molar-refractivity contribution is 7.47. The van der Waals surface area contributed by atoms with Crippen molar-refractivity contribution in [3.63, 3.8) is 0 Å². The lowest BCUT2D eigenvalue weighted by Gasteiger charge is -2.24. The molecule has 0 aliphatic heterocycles. The number of phosphoric acid groups is 1. The number of halogens is 2. The Hall–Kier alpha value is -2.70. The Morgan fingerprint density at radius 1 is 0.647 bits per heavy atom. The second-order valence-electron chi connectivity index (χ2n) is 19.3. The van der Waals surface area contributed by atoms with Crippen molar-refractivity contribution in [3.8, 4) is 0 Å². The lowest BCUT2D eigenvalue weighted by molar-refractivity contribution is -0.870. The normalized spacial score (nSPS) is 12.9. The van der Waals surface area contributed by atoms with Crippen LogP contribution in [0, 0.1) is 0 Å². The number of unbranched alkanes of at least 4 members (excludes halogenated alkanes) is 23. The molecule has 2 aromatic rings. The van der Waals surface area contributed by atoms with E-state index in [0.717, 1.165) is 88.3 Å². The number of quaternary nitrogens is 1. The summed E-state index contributed by atoms with van der Waals surface area (Å²) in [5.74, 6) is -0.859. The van der Waals surface area contributed by atoms with Crippen molar-refractivity contribution >= 4 is 60.2 Å². The fourth-order valence-electron chi connectivity index (χ4n) is 7.71. The number of anilines is 2. The van der Waals surface area contributed by atoms with Gasteiger partial charge in [-0.2, -0.15) is 0 Å². The minimum atomic E-state index is -4.41. The maximum absolute atomic E-state index is 12.8. The molecule has 12 nitrogen and oxygen atoms in total. The number of nitrogens with zero attached hydrogens (tertiary/aromatic N) is 1. The van der Waals surface area contributed by atoms with Crippen molar-refractivity contribution in [2.24, 2.45) is 0 Å². The fraction of sp³-hybridized carbons (Fsp3) is 0.717. The molecule has 0 saturated heterocycles. The summed E-state index contributed by atoms with van der Waals surface area (Å²) in [6.45, 7) is 2.73. The quantitative estimate of drug-likeness (QED) is 0.0254. The van der Waals surface area contributed by atoms with Crippen molar-refractivity contribution in [3.05, 3.63) is 58.1 Å². The molecule has 2 unspecified atom stereocenters. The largest absolute Gasteiger partial charge is 0.472 e. The van der Waals surface area contributed by atoms with Gasteiger partial charge in [-0.1, -0.05) is 190 Å². The van der Waals surface area contributed by atoms with Crippen LogP contribution in [0.3, 0.4) is 0 Å². The van der Waals surface area contributed by atoms with Crippen LogP contribution in [0.2, 0.25) is 10.0 Å². The molecule has 388 valence electrons. The lowest BCUT2D eigenvalue weighted by Crippen LogP contribution is -2.37. The molecule has 3 N–H and O–H groups in total. The summed E-state index contributed by atoms with van der Waals surface area (Å²) in [5.41, 5.74) is 2.35. The van der Waals surface area contributed by atoms with Crippen LogP contribution in [-0.4, -0.2) is 87.4 Å². The second kappa shape index (κ2) is 38.0. The van der Waals surface area contributed by atoms with Gasteiger partial charge in [-0.15, -0.1) is 0 Å². The first-order valence-electron chi connectivity index (χ1n) is 26.0. The average Bonchev–Trinajstić information content (AvgIpc) is 3.28. The molecule has 0 radical (unpaired) electrons. The third-order valence-corrected chi connectivity index (χ3v) is 13.4. The smallest absolute Gasteiger partial charge is 0.462 e. The van der Waals surface area contributed by atoms with E-state index in [1.54, 1.807) is 18.2 Å². The van der Waals surface area contributed by atoms with E-state index in [9.17, 15) is 23.8 Å². The van der Waals surface area contributed by atoms with Crippen LogP contribution in [0.4, 0.5) is 11.4 Å². The van der Waals surface area contributed by atoms with Crippen molar-refractivity contribution in [2.75, 3.05) is 59.4 Å². The molecule has 0 fully saturated rings. The van der Waals surface area contributed by atoms with Gasteiger partial charge in [0.25, 0.3) is 0 Å². The minimum Gasteiger partial charge on any atom is -0.462 e. The molecule has 2 atom stereocenters. The summed E-state index contributed by atoms with van der Waals surface area (Å²) in [6.07, 6.45) is 28.5. The van der Waals surface area contributed by atoms with E-state index in [-0.39, 0.29) is 37.9 Å². The van der Waals surface area contributed by atoms with Crippen LogP contribution < -0.4 is 10.6 Å². The van der Waals surface area contributed by atoms with Gasteiger partial charge < -0.3 is 29.5 Å². The predicted octanol–water partition coefficient (Wildman–Crippen LogP) is 14.2. The van der Waals surface area contributed by atoms with Gasteiger partial charge in [-0.25, -0.2) is 4.57 Å². The zero-order valence-corrected chi connectivity index (χ0v) is 44.7. The number of carbonyl (C=O) groups excluding carboxylic acids is 3. The second-order valence-corrected chi connectivity index (χ2v) is 21.6. The van der Waals surface area contributed by atoms with Crippen LogP contribution in [-0.2, 0) is 43.9 Å². The van der Waals surface area contributed by atoms with Gasteiger partial charge in [0.05, 0.1) is 49.9 Å². The van der Waals surface area contributed by atoms with Crippen molar-refractivity contribution in [2.45, 2.75) is 193 Å². The Labute approximate surface area is 420 Å². The molecule has 0 bridgehead atoms. The first-order chi connectivity index (χ1) is 32.7. The van der Waals surface area contributed by atoms with Crippen LogP contribution in [0.5, 0.6) is 0 Å². The molecule has 15 heteroatoms. The van der Waals surface area contributed by atoms with Gasteiger partial charge in [0, 0.05) is 25.1 Å². The molecule has 0 heterocycles. The molecular formula is C53H89Cl2N3O9P+. The summed E-state index contributed by atoms with van der Waals surface area (Å²) in [6, 6.07) is 13.0. The maximum atomic E-state index is 12.8. The maximum Gasteiger partial charge on any atom is 0.472 e. The Bertz CT molecular complexity index is 1690. The van der Waals surface area contributed by atoms with E-state index >= 15 is 0 Å². The number of esters is 2. The summed E-state index contributed by atoms with van der Waals surface area (Å²) in [5, 5.41) is 7.34. The third kappa shape index (κ3) is 33.8. The van der Waals surface area contributed by atoms with Gasteiger partial charge >= 0.3 is 19.8 Å². The van der Waals surface area contributed by atoms with E-state index in [1.807, 2.05) is 45.4 Å². The number of amides is 1. The summed E-state index contributed by atoms with van der Waals surface area (Å²) in [4.78, 5) is 48.2. The zero-order valence-electron chi connectivity index (χ0n) is 42.3. The first kappa shape index (κ1) is 61.4. The molecule has 2 aromatic carbocycles. The van der Waals surface area contributed by atoms with Crippen molar-refractivity contribution in [1.82, 2.24) is 5.32 Å². The number of hydrogen-bond donors (Lipinski definition) is 3. The van der Waals surface area contributed by atoms with Gasteiger partial charge in [0.2, 0.25) is 5.91 Å². The van der Waals surface area contributed by atoms with E-state index in [0.29, 0.717) is 46.1 Å². The number of phosphoric ester groups is 1. The topological polar surface area (TPSA) is 149 Å². The Balaban J connectivity index is 1.56. The molecule has 0 spiro atoms. The average molecular weight is 1010 g/mol. The zero-order chi connectivity index (χ0) is 49.7. The number of likely N-dealkylation sites (N-methyl/N-ethyl adjacent to an activating group) is 1. The van der Waals surface area contributed by atoms with E-state index in [2.05, 4.69) is 17.6 Å². The van der Waals surface area contributed by atoms with Crippen LogP contribution in [0.15, 0.2) is 42.5 Å². The standard InChI is InChI=1S/C53H88Cl2N3O9P/c1-5-6-7-8-9-10-11-12-13-14-15-18-21-24-27-36-51(60)64-43-47(44-66-68(62,63)65-40-39-58(2,3)4)67-52(61)37-28-25-22-19-16-17-20-23-26-29-38-56-50(59)42-45-32-30-33-46(41-45)57-53-48(54)34-31-35-49(53)55/h30-35,41,47,57H,5-29,36-40,42-44H2,1-4H3,(H-,56,59,62,63)/p+1. The molecule has 0 saturated carbocycles. The van der Waals surface area contributed by atoms with Crippen LogP contribution in [0.25, 0.3) is 0 Å². The van der Waals surface area contributed by atoms with E-state index in [4.69, 9.17) is 41.7 Å². The van der Waals surface area contributed by atoms with Crippen LogP contribution in [0.1, 0.15) is 186 Å². The highest BCUT2D eigenvalue weighted by atomic mass is 35.5. The highest BCUT2D eigenvalue weighted by Gasteiger charge is 2.27. The fourth-order valence-corrected chi connectivity index (χ4v) is 8.94. The summed E-state index contributed by atoms with van der Waals surface area (Å²) < 4.78 is 34.5. The van der Waals surface area contributed by atoms with Crippen molar-refractivity contribution < 1.29 is 46.8 Å². The molecular weight excluding hydrogens is 924 g/mol. The number of benzene rings is 2. The minimum absolute atomic E-state index is 0.00765. The number of rotatable bonds is 43. The van der Waals surface area contributed by atoms with Gasteiger partial charge in [0.1, 0.15) is 19.8 Å². The number of para-hydroxylation sites is 1. The number of nitrogens with one attached hydrogen (secondary N) is 2. The molecule has 0 aliphatic carbocycles. The number of ether oxygens (including phenoxy) is 2. The Kier molecular flexibility index (Phi) is 34.4. The first-order valence-corrected chi connectivity index (χ1v) is 28.3. The molecule has 0 aromatic heterocycles. The molecule has 0 aliphatic rings. The third-order valence-electron chi connectivity index (χ3n) is 11.8. The van der Waals surface area contributed by atoms with E-state index < -0.39 is 26.5 Å². The highest BCUT2D eigenvalue weighted by Crippen LogP contribution is 2.43. The lowest BCUT2D eigenvalue weighted by atomic mass is 10.0. The Morgan fingerprint density at radius 2 is 1.13 bits per heavy atom. The van der Waals surface area contributed by atoms with Gasteiger partial charge in [-0.3, -0.25) is 23.4 Å². The molecule has 68 heavy (non-hydrogen) atoms. The number of hydrogen-bond acceptors (Lipinski definition) is 9. The molecule has 2 rings (SSSR count). The summed E-state index contributed by atoms with van der Waals surface area (Å²) in [7, 11) is 1.41. The summed E-state index contributed by atoms with van der Waals surface area (Å²) >= 11 is 12.6. The SMILES string of the molecule is CCCCCCCCCCCCCCCCCC(=O)OCC(COP(=O)(O)OCC[N+](C)(C)C)OC(=O)CCCCCCCCCCCCNC(=O)Cc1cccc(Nc2c(Cl)cccc2Cl)c1. The number of carbonyl (C=O) groups is 3. The van der Waals surface area contributed by atoms with E-state index in [1.165, 1.54) is 77.0 Å². The van der Waals surface area contributed by atoms with Crippen LogP contribution >= 0.6 is 31.0 Å². The monoisotopic (exact) mass is 1010 g/mol. The van der Waals surface area contributed by atoms with Gasteiger partial charge in [0.15, 0.2) is 6.10 Å². The Morgan fingerprint density at radius 3 is 1.66 bits per heavy atom.